The van der Waals surface area contributed by atoms with E-state index in [2.05, 4.69) is 47.2 Å². The van der Waals surface area contributed by atoms with Gasteiger partial charge in [0.25, 0.3) is 0 Å². The number of rotatable bonds is 3. The van der Waals surface area contributed by atoms with Crippen LogP contribution in [0.5, 0.6) is 0 Å². The van der Waals surface area contributed by atoms with Crippen LogP contribution < -0.4 is 11.1 Å². The molecule has 2 rings (SSSR count). The molecule has 0 aliphatic heterocycles. The van der Waals surface area contributed by atoms with Crippen molar-refractivity contribution in [1.82, 2.24) is 0 Å². The van der Waals surface area contributed by atoms with Crippen molar-refractivity contribution in [3.05, 3.63) is 56.5 Å². The topological polar surface area (TPSA) is 38.0 Å². The van der Waals surface area contributed by atoms with Crippen molar-refractivity contribution in [3.8, 4) is 0 Å². The van der Waals surface area contributed by atoms with Gasteiger partial charge >= 0.3 is 0 Å². The lowest BCUT2D eigenvalue weighted by atomic mass is 10.1. The van der Waals surface area contributed by atoms with E-state index in [1.54, 1.807) is 6.07 Å². The molecule has 0 unspecified atom stereocenters. The van der Waals surface area contributed by atoms with Crippen molar-refractivity contribution in [2.75, 3.05) is 5.32 Å². The second-order valence-electron chi connectivity index (χ2n) is 4.60. The Kier molecular flexibility index (Phi) is 4.68. The molecule has 0 aromatic heterocycles. The van der Waals surface area contributed by atoms with E-state index < -0.39 is 0 Å². The van der Waals surface area contributed by atoms with E-state index in [0.29, 0.717) is 10.0 Å². The lowest BCUT2D eigenvalue weighted by Gasteiger charge is -2.14. The molecule has 3 N–H and O–H groups in total. The molecular formula is C15H14BrClN2S. The first-order valence-corrected chi connectivity index (χ1v) is 7.59. The van der Waals surface area contributed by atoms with E-state index in [4.69, 9.17) is 29.6 Å². The van der Waals surface area contributed by atoms with Crippen LogP contribution >= 0.6 is 39.7 Å². The van der Waals surface area contributed by atoms with Crippen molar-refractivity contribution in [2.24, 2.45) is 5.73 Å². The standard InChI is InChI=1S/C15H14BrClN2S/c1-8-5-11(6-9(2)14(8)16)19-13-4-3-10(17)7-12(13)15(18)20/h3-7,19H,1-2H3,(H2,18,20). The lowest BCUT2D eigenvalue weighted by molar-refractivity contribution is 1.33. The number of nitrogens with one attached hydrogen (secondary N) is 1. The summed E-state index contributed by atoms with van der Waals surface area (Å²) in [6.07, 6.45) is 0. The van der Waals surface area contributed by atoms with Crippen LogP contribution in [-0.2, 0) is 0 Å². The number of nitrogens with two attached hydrogens (primary N) is 1. The van der Waals surface area contributed by atoms with Gasteiger partial charge in [0.15, 0.2) is 0 Å². The minimum atomic E-state index is 0.320. The van der Waals surface area contributed by atoms with E-state index >= 15 is 0 Å². The minimum absolute atomic E-state index is 0.320. The average Bonchev–Trinajstić information content (AvgIpc) is 2.37. The largest absolute Gasteiger partial charge is 0.389 e. The molecule has 0 saturated heterocycles. The summed E-state index contributed by atoms with van der Waals surface area (Å²) in [6.45, 7) is 4.11. The molecule has 5 heteroatoms. The predicted molar refractivity (Wildman–Crippen MR) is 94.2 cm³/mol. The van der Waals surface area contributed by atoms with E-state index in [0.717, 1.165) is 21.4 Å². The first-order valence-electron chi connectivity index (χ1n) is 6.01. The zero-order valence-electron chi connectivity index (χ0n) is 11.1. The van der Waals surface area contributed by atoms with Gasteiger partial charge in [-0.1, -0.05) is 39.7 Å². The molecule has 2 aromatic rings. The summed E-state index contributed by atoms with van der Waals surface area (Å²) in [4.78, 5) is 0.320. The van der Waals surface area contributed by atoms with Crippen molar-refractivity contribution in [2.45, 2.75) is 13.8 Å². The molecule has 0 atom stereocenters. The highest BCUT2D eigenvalue weighted by atomic mass is 79.9. The van der Waals surface area contributed by atoms with Gasteiger partial charge in [0.05, 0.1) is 0 Å². The molecule has 0 spiro atoms. The summed E-state index contributed by atoms with van der Waals surface area (Å²) in [5.41, 5.74) is 10.7. The third-order valence-corrected chi connectivity index (χ3v) is 4.67. The summed E-state index contributed by atoms with van der Waals surface area (Å²) in [5, 5.41) is 3.96. The van der Waals surface area contributed by atoms with Crippen LogP contribution in [0.25, 0.3) is 0 Å². The zero-order chi connectivity index (χ0) is 14.9. The number of aryl methyl sites for hydroxylation is 2. The Morgan fingerprint density at radius 1 is 1.20 bits per heavy atom. The molecule has 104 valence electrons. The predicted octanol–water partition coefficient (Wildman–Crippen LogP) is 5.10. The number of halogens is 2. The second kappa shape index (κ2) is 6.12. The monoisotopic (exact) mass is 368 g/mol. The zero-order valence-corrected chi connectivity index (χ0v) is 14.3. The molecule has 2 aromatic carbocycles. The van der Waals surface area contributed by atoms with Gasteiger partial charge in [-0.15, -0.1) is 0 Å². The summed E-state index contributed by atoms with van der Waals surface area (Å²) in [5.74, 6) is 0. The summed E-state index contributed by atoms with van der Waals surface area (Å²) in [7, 11) is 0. The number of anilines is 2. The van der Waals surface area contributed by atoms with Crippen molar-refractivity contribution >= 4 is 56.1 Å². The van der Waals surface area contributed by atoms with Crippen LogP contribution in [0.3, 0.4) is 0 Å². The summed E-state index contributed by atoms with van der Waals surface area (Å²) >= 11 is 14.6. The summed E-state index contributed by atoms with van der Waals surface area (Å²) in [6, 6.07) is 9.59. The average molecular weight is 370 g/mol. The van der Waals surface area contributed by atoms with Gasteiger partial charge in [-0.2, -0.15) is 0 Å². The molecule has 0 radical (unpaired) electrons. The lowest BCUT2D eigenvalue weighted by Crippen LogP contribution is -2.12. The van der Waals surface area contributed by atoms with Gasteiger partial charge in [-0.25, -0.2) is 0 Å². The molecule has 0 aliphatic rings. The second-order valence-corrected chi connectivity index (χ2v) is 6.27. The third kappa shape index (κ3) is 3.32. The molecule has 0 amide bonds. The van der Waals surface area contributed by atoms with Crippen LogP contribution in [0.15, 0.2) is 34.8 Å². The fourth-order valence-corrected chi connectivity index (χ4v) is 2.57. The maximum absolute atomic E-state index is 5.99. The molecule has 0 heterocycles. The molecule has 0 fully saturated rings. The van der Waals surface area contributed by atoms with Crippen molar-refractivity contribution in [3.63, 3.8) is 0 Å². The van der Waals surface area contributed by atoms with Crippen LogP contribution in [-0.4, -0.2) is 4.99 Å². The molecular weight excluding hydrogens is 356 g/mol. The molecule has 0 aliphatic carbocycles. The Hall–Kier alpha value is -1.10. The van der Waals surface area contributed by atoms with Crippen molar-refractivity contribution in [1.29, 1.82) is 0 Å². The van der Waals surface area contributed by atoms with E-state index in [9.17, 15) is 0 Å². The Labute approximate surface area is 137 Å². The molecule has 0 saturated carbocycles. The Bertz CT molecular complexity index is 663. The van der Waals surface area contributed by atoms with Crippen molar-refractivity contribution < 1.29 is 0 Å². The number of thiocarbonyl (C=S) groups is 1. The quantitative estimate of drug-likeness (QED) is 0.739. The van der Waals surface area contributed by atoms with E-state index in [1.165, 1.54) is 11.1 Å². The first-order chi connectivity index (χ1) is 9.38. The van der Waals surface area contributed by atoms with Gasteiger partial charge in [0.2, 0.25) is 0 Å². The third-order valence-electron chi connectivity index (χ3n) is 2.96. The SMILES string of the molecule is Cc1cc(Nc2ccc(Cl)cc2C(N)=S)cc(C)c1Br. The van der Waals surface area contributed by atoms with Crippen LogP contribution in [0, 0.1) is 13.8 Å². The van der Waals surface area contributed by atoms with Gasteiger partial charge < -0.3 is 11.1 Å². The van der Waals surface area contributed by atoms with E-state index in [-0.39, 0.29) is 0 Å². The van der Waals surface area contributed by atoms with Gasteiger partial charge in [0.1, 0.15) is 4.99 Å². The fourth-order valence-electron chi connectivity index (χ4n) is 2.00. The van der Waals surface area contributed by atoms with E-state index in [1.807, 2.05) is 12.1 Å². The minimum Gasteiger partial charge on any atom is -0.389 e. The van der Waals surface area contributed by atoms with Crippen LogP contribution in [0.1, 0.15) is 16.7 Å². The Morgan fingerprint density at radius 3 is 2.35 bits per heavy atom. The first kappa shape index (κ1) is 15.3. The smallest absolute Gasteiger partial charge is 0.106 e. The molecule has 0 bridgehead atoms. The van der Waals surface area contributed by atoms with Gasteiger partial charge in [0, 0.05) is 26.4 Å². The highest BCUT2D eigenvalue weighted by Gasteiger charge is 2.08. The Morgan fingerprint density at radius 2 is 1.80 bits per heavy atom. The van der Waals surface area contributed by atoms with Crippen LogP contribution in [0.4, 0.5) is 11.4 Å². The number of benzene rings is 2. The normalized spacial score (nSPS) is 10.4. The maximum atomic E-state index is 5.99. The Balaban J connectivity index is 2.42. The number of hydrogen-bond acceptors (Lipinski definition) is 2. The van der Waals surface area contributed by atoms with Gasteiger partial charge in [-0.05, 0) is 55.3 Å². The van der Waals surface area contributed by atoms with Crippen LogP contribution in [0.2, 0.25) is 5.02 Å². The molecule has 2 nitrogen and oxygen atoms in total. The number of hydrogen-bond donors (Lipinski definition) is 2. The highest BCUT2D eigenvalue weighted by molar-refractivity contribution is 9.10. The molecule has 20 heavy (non-hydrogen) atoms. The highest BCUT2D eigenvalue weighted by Crippen LogP contribution is 2.29. The fraction of sp³-hybridized carbons (Fsp3) is 0.133. The van der Waals surface area contributed by atoms with Gasteiger partial charge in [-0.3, -0.25) is 0 Å². The maximum Gasteiger partial charge on any atom is 0.106 e. The summed E-state index contributed by atoms with van der Waals surface area (Å²) < 4.78 is 1.12.